The molecule has 1 aromatic heterocycles. The molecule has 9 heteroatoms. The molecular formula is C19H18BrIN4O2S. The number of halogens is 2. The van der Waals surface area contributed by atoms with Gasteiger partial charge >= 0.3 is 0 Å². The van der Waals surface area contributed by atoms with Crippen LogP contribution in [0.1, 0.15) is 23.9 Å². The second-order valence-corrected chi connectivity index (χ2v) is 8.28. The molecule has 0 saturated carbocycles. The molecule has 0 fully saturated rings. The van der Waals surface area contributed by atoms with Crippen LogP contribution in [0.25, 0.3) is 0 Å². The van der Waals surface area contributed by atoms with E-state index in [2.05, 4.69) is 53.8 Å². The van der Waals surface area contributed by atoms with Gasteiger partial charge in [-0.05, 0) is 84.0 Å². The number of nitrogens with zero attached hydrogens (tertiary/aromatic N) is 3. The highest BCUT2D eigenvalue weighted by atomic mass is 127. The molecule has 6 nitrogen and oxygen atoms in total. The zero-order valence-electron chi connectivity index (χ0n) is 15.3. The molecule has 0 aliphatic heterocycles. The second kappa shape index (κ2) is 9.66. The van der Waals surface area contributed by atoms with Gasteiger partial charge in [0.15, 0.2) is 11.5 Å². The zero-order chi connectivity index (χ0) is 20.1. The Morgan fingerprint density at radius 3 is 2.68 bits per heavy atom. The summed E-state index contributed by atoms with van der Waals surface area (Å²) in [5.74, 6) is 2.09. The van der Waals surface area contributed by atoms with Crippen molar-refractivity contribution in [1.29, 1.82) is 0 Å². The van der Waals surface area contributed by atoms with E-state index in [1.807, 2.05) is 50.2 Å². The average molecular weight is 573 g/mol. The molecule has 0 aliphatic rings. The Balaban J connectivity index is 1.85. The number of ether oxygens (including phenoxy) is 2. The molecule has 0 amide bonds. The van der Waals surface area contributed by atoms with Gasteiger partial charge in [-0.25, -0.2) is 0 Å². The lowest BCUT2D eigenvalue weighted by atomic mass is 10.2. The van der Waals surface area contributed by atoms with E-state index in [0.717, 1.165) is 24.9 Å². The number of benzene rings is 2. The van der Waals surface area contributed by atoms with Crippen LogP contribution < -0.4 is 9.47 Å². The van der Waals surface area contributed by atoms with Crippen LogP contribution >= 0.6 is 50.7 Å². The molecule has 3 aromatic rings. The number of nitrogens with one attached hydrogen (secondary N) is 1. The summed E-state index contributed by atoms with van der Waals surface area (Å²) in [6.45, 7) is 4.77. The summed E-state index contributed by atoms with van der Waals surface area (Å²) in [7, 11) is 0. The van der Waals surface area contributed by atoms with Crippen molar-refractivity contribution in [2.45, 2.75) is 20.5 Å². The fourth-order valence-corrected chi connectivity index (χ4v) is 3.70. The molecule has 1 heterocycles. The number of aromatic nitrogens is 3. The molecule has 1 N–H and O–H groups in total. The Bertz CT molecular complexity index is 1050. The number of aromatic amines is 1. The Labute approximate surface area is 190 Å². The topological polar surface area (TPSA) is 64.4 Å². The first-order chi connectivity index (χ1) is 13.5. The van der Waals surface area contributed by atoms with Crippen molar-refractivity contribution in [1.82, 2.24) is 14.9 Å². The van der Waals surface area contributed by atoms with Gasteiger partial charge in [-0.3, -0.25) is 5.10 Å². The molecule has 2 aromatic carbocycles. The van der Waals surface area contributed by atoms with E-state index >= 15 is 0 Å². The van der Waals surface area contributed by atoms with Gasteiger partial charge in [0.25, 0.3) is 0 Å². The first kappa shape index (κ1) is 21.0. The molecule has 0 aliphatic carbocycles. The van der Waals surface area contributed by atoms with Gasteiger partial charge < -0.3 is 9.47 Å². The quantitative estimate of drug-likeness (QED) is 0.231. The lowest BCUT2D eigenvalue weighted by Gasteiger charge is -2.15. The first-order valence-corrected chi connectivity index (χ1v) is 10.8. The van der Waals surface area contributed by atoms with E-state index in [1.54, 1.807) is 10.9 Å². The van der Waals surface area contributed by atoms with Crippen LogP contribution in [0.3, 0.4) is 0 Å². The van der Waals surface area contributed by atoms with E-state index in [0.29, 0.717) is 29.6 Å². The monoisotopic (exact) mass is 572 g/mol. The van der Waals surface area contributed by atoms with Crippen LogP contribution in [0.2, 0.25) is 0 Å². The fourth-order valence-electron chi connectivity index (χ4n) is 2.43. The largest absolute Gasteiger partial charge is 0.490 e. The number of aryl methyl sites for hydroxylation is 1. The summed E-state index contributed by atoms with van der Waals surface area (Å²) in [4.78, 5) is 0. The van der Waals surface area contributed by atoms with Crippen LogP contribution in [0.5, 0.6) is 11.5 Å². The van der Waals surface area contributed by atoms with Crippen molar-refractivity contribution in [2.24, 2.45) is 5.10 Å². The van der Waals surface area contributed by atoms with Crippen LogP contribution in [0.4, 0.5) is 0 Å². The van der Waals surface area contributed by atoms with Crippen molar-refractivity contribution < 1.29 is 9.47 Å². The summed E-state index contributed by atoms with van der Waals surface area (Å²) >= 11 is 10.9. The third-order valence-corrected chi connectivity index (χ3v) is 5.36. The summed E-state index contributed by atoms with van der Waals surface area (Å²) < 4.78 is 15.9. The number of hydrogen-bond donors (Lipinski definition) is 1. The predicted molar refractivity (Wildman–Crippen MR) is 124 cm³/mol. The predicted octanol–water partition coefficient (Wildman–Crippen LogP) is 5.48. The number of H-pyrrole nitrogens is 1. The average Bonchev–Trinajstić information content (AvgIpc) is 2.99. The van der Waals surface area contributed by atoms with Gasteiger partial charge in [0.1, 0.15) is 12.4 Å². The molecule has 0 radical (unpaired) electrons. The summed E-state index contributed by atoms with van der Waals surface area (Å²) in [6.07, 6.45) is 1.72. The third-order valence-electron chi connectivity index (χ3n) is 3.76. The van der Waals surface area contributed by atoms with Gasteiger partial charge in [0.05, 0.1) is 16.4 Å². The Hall–Kier alpha value is -1.72. The van der Waals surface area contributed by atoms with Crippen LogP contribution in [0, 0.1) is 15.3 Å². The van der Waals surface area contributed by atoms with Crippen LogP contribution in [-0.2, 0) is 6.61 Å². The lowest BCUT2D eigenvalue weighted by molar-refractivity contribution is 0.267. The highest BCUT2D eigenvalue weighted by molar-refractivity contribution is 14.1. The summed E-state index contributed by atoms with van der Waals surface area (Å²) in [6, 6.07) is 11.9. The molecular weight excluding hydrogens is 555 g/mol. The van der Waals surface area contributed by atoms with Gasteiger partial charge in [0, 0.05) is 4.47 Å². The maximum absolute atomic E-state index is 6.06. The zero-order valence-corrected chi connectivity index (χ0v) is 19.8. The minimum absolute atomic E-state index is 0.447. The Morgan fingerprint density at radius 2 is 2.04 bits per heavy atom. The molecule has 0 saturated heterocycles. The van der Waals surface area contributed by atoms with Gasteiger partial charge in [-0.15, -0.1) is 0 Å². The molecule has 3 rings (SSSR count). The lowest BCUT2D eigenvalue weighted by Crippen LogP contribution is -2.03. The second-order valence-electron chi connectivity index (χ2n) is 5.81. The number of rotatable bonds is 7. The van der Waals surface area contributed by atoms with Gasteiger partial charge in [-0.2, -0.15) is 14.9 Å². The van der Waals surface area contributed by atoms with Gasteiger partial charge in [-0.1, -0.05) is 28.1 Å². The molecule has 0 spiro atoms. The highest BCUT2D eigenvalue weighted by Gasteiger charge is 2.12. The molecule has 0 bridgehead atoms. The molecule has 0 unspecified atom stereocenters. The Morgan fingerprint density at radius 1 is 1.29 bits per heavy atom. The minimum Gasteiger partial charge on any atom is -0.490 e. The van der Waals surface area contributed by atoms with E-state index in [-0.39, 0.29) is 0 Å². The molecule has 146 valence electrons. The minimum atomic E-state index is 0.447. The van der Waals surface area contributed by atoms with Gasteiger partial charge in [0.2, 0.25) is 4.77 Å². The van der Waals surface area contributed by atoms with Crippen LogP contribution in [-0.4, -0.2) is 27.7 Å². The fraction of sp³-hybridized carbons (Fsp3) is 0.211. The van der Waals surface area contributed by atoms with E-state index in [9.17, 15) is 0 Å². The first-order valence-electron chi connectivity index (χ1n) is 8.50. The van der Waals surface area contributed by atoms with Crippen molar-refractivity contribution in [2.75, 3.05) is 6.61 Å². The van der Waals surface area contributed by atoms with Crippen molar-refractivity contribution >= 4 is 57.0 Å². The summed E-state index contributed by atoms with van der Waals surface area (Å²) in [5, 5.41) is 11.2. The van der Waals surface area contributed by atoms with Crippen molar-refractivity contribution in [3.05, 3.63) is 66.2 Å². The van der Waals surface area contributed by atoms with Crippen molar-refractivity contribution in [3.8, 4) is 11.5 Å². The van der Waals surface area contributed by atoms with E-state index < -0.39 is 0 Å². The summed E-state index contributed by atoms with van der Waals surface area (Å²) in [5.41, 5.74) is 1.96. The highest BCUT2D eigenvalue weighted by Crippen LogP contribution is 2.34. The molecule has 28 heavy (non-hydrogen) atoms. The normalized spacial score (nSPS) is 11.1. The third kappa shape index (κ3) is 5.21. The molecule has 0 atom stereocenters. The van der Waals surface area contributed by atoms with Crippen molar-refractivity contribution in [3.63, 3.8) is 0 Å². The Kier molecular flexibility index (Phi) is 7.24. The maximum Gasteiger partial charge on any atom is 0.216 e. The van der Waals surface area contributed by atoms with E-state index in [4.69, 9.17) is 21.7 Å². The maximum atomic E-state index is 6.06. The number of hydrogen-bond acceptors (Lipinski definition) is 5. The SMILES string of the molecule is CCOc1cc(/C=N\n2c(C)n[nH]c2=S)cc(I)c1OCc1ccc(Br)cc1. The van der Waals surface area contributed by atoms with Crippen LogP contribution in [0.15, 0.2) is 46.0 Å². The van der Waals surface area contributed by atoms with E-state index in [1.165, 1.54) is 0 Å². The standard InChI is InChI=1S/C19H18BrIN4O2S/c1-3-26-17-9-14(10-22-25-12(2)23-24-19(25)28)8-16(21)18(17)27-11-13-4-6-15(20)7-5-13/h4-10H,3,11H2,1-2H3,(H,24,28)/b22-10-. The smallest absolute Gasteiger partial charge is 0.216 e.